The van der Waals surface area contributed by atoms with Crippen molar-refractivity contribution < 1.29 is 16.9 Å². The number of hydrogen-bond acceptors (Lipinski definition) is 2. The van der Waals surface area contributed by atoms with Crippen LogP contribution in [0.15, 0.2) is 30.8 Å². The summed E-state index contributed by atoms with van der Waals surface area (Å²) >= 11 is 0. The van der Waals surface area contributed by atoms with Crippen molar-refractivity contribution in [1.82, 2.24) is 0 Å². The third kappa shape index (κ3) is 1.75. The maximum atomic E-state index is 9.13. The zero-order chi connectivity index (χ0) is 13.2. The highest BCUT2D eigenvalue weighted by Gasteiger charge is 2.14. The molecular weight excluding hydrogens is 151 g/mol. The Morgan fingerprint density at radius 3 is 2.92 bits per heavy atom. The quantitative estimate of drug-likeness (QED) is 0.626. The summed E-state index contributed by atoms with van der Waals surface area (Å²) in [6, 6.07) is 5.72. The Balaban J connectivity index is 3.47. The first-order valence-corrected chi connectivity index (χ1v) is 3.38. The fourth-order valence-electron chi connectivity index (χ4n) is 0.950. The van der Waals surface area contributed by atoms with Crippen LogP contribution in [0.1, 0.15) is 19.3 Å². The number of benzene rings is 1. The van der Waals surface area contributed by atoms with E-state index in [9.17, 15) is 0 Å². The lowest BCUT2D eigenvalue weighted by atomic mass is 9.76. The highest BCUT2D eigenvalue weighted by atomic mass is 16.4. The monoisotopic (exact) mass is 167 g/mol. The molecule has 0 bridgehead atoms. The van der Waals surface area contributed by atoms with Crippen molar-refractivity contribution in [2.45, 2.75) is 6.85 Å². The van der Waals surface area contributed by atoms with Crippen LogP contribution >= 0.6 is 0 Å². The van der Waals surface area contributed by atoms with Crippen LogP contribution in [-0.4, -0.2) is 17.2 Å². The smallest absolute Gasteiger partial charge is 0.423 e. The van der Waals surface area contributed by atoms with Crippen molar-refractivity contribution in [1.29, 1.82) is 0 Å². The Morgan fingerprint density at radius 1 is 1.58 bits per heavy atom. The second-order valence-corrected chi connectivity index (χ2v) is 2.34. The van der Waals surface area contributed by atoms with Crippen LogP contribution in [0, 0.1) is 0 Å². The molecule has 0 spiro atoms. The number of allylic oxidation sites excluding steroid dienone is 1. The Labute approximate surface area is 79.3 Å². The molecule has 0 unspecified atom stereocenters. The van der Waals surface area contributed by atoms with Gasteiger partial charge in [-0.3, -0.25) is 0 Å². The zero-order valence-electron chi connectivity index (χ0n) is 11.3. The fraction of sp³-hybridized carbons (Fsp3) is 0.111. The van der Waals surface area contributed by atoms with Gasteiger partial charge in [-0.1, -0.05) is 36.4 Å². The van der Waals surface area contributed by atoms with Crippen molar-refractivity contribution in [3.05, 3.63) is 36.4 Å². The maximum absolute atomic E-state index is 9.13. The lowest BCUT2D eigenvalue weighted by Crippen LogP contribution is -2.32. The van der Waals surface area contributed by atoms with Gasteiger partial charge in [-0.25, -0.2) is 0 Å². The molecule has 0 amide bonds. The molecule has 0 aromatic heterocycles. The Bertz CT molecular complexity index is 437. The van der Waals surface area contributed by atoms with E-state index in [0.29, 0.717) is 0 Å². The van der Waals surface area contributed by atoms with Crippen LogP contribution in [0.25, 0.3) is 5.57 Å². The van der Waals surface area contributed by atoms with Gasteiger partial charge in [0.15, 0.2) is 0 Å². The second-order valence-electron chi connectivity index (χ2n) is 2.34. The van der Waals surface area contributed by atoms with Crippen molar-refractivity contribution in [2.75, 3.05) is 0 Å². The van der Waals surface area contributed by atoms with Crippen LogP contribution in [0.2, 0.25) is 0 Å². The normalized spacial score (nSPS) is 16.3. The third-order valence-electron chi connectivity index (χ3n) is 1.51. The predicted octanol–water partition coefficient (Wildman–Crippen LogP) is 0.399. The summed E-state index contributed by atoms with van der Waals surface area (Å²) in [6.07, 6.45) is 0. The Morgan fingerprint density at radius 2 is 2.33 bits per heavy atom. The standard InChI is InChI=1S/C9H11BO2/c1-7(2)8-5-3-4-6-9(8)10(11)12/h3-6,11-12H,1H2,2H3/i1D2,2D3. The van der Waals surface area contributed by atoms with Gasteiger partial charge in [0, 0.05) is 4.11 Å². The Hall–Kier alpha value is -1.06. The van der Waals surface area contributed by atoms with E-state index >= 15 is 0 Å². The first-order chi connectivity index (χ1) is 7.75. The van der Waals surface area contributed by atoms with E-state index in [1.807, 2.05) is 0 Å². The molecule has 0 aliphatic heterocycles. The van der Waals surface area contributed by atoms with Gasteiger partial charge in [-0.2, -0.15) is 0 Å². The predicted molar refractivity (Wildman–Crippen MR) is 51.0 cm³/mol. The number of hydrogen-bond donors (Lipinski definition) is 2. The van der Waals surface area contributed by atoms with E-state index < -0.39 is 26.1 Å². The molecule has 0 aliphatic carbocycles. The lowest BCUT2D eigenvalue weighted by molar-refractivity contribution is 0.425. The van der Waals surface area contributed by atoms with Crippen molar-refractivity contribution in [2.24, 2.45) is 0 Å². The Kier molecular flexibility index (Phi) is 1.26. The molecule has 1 rings (SSSR count). The fourth-order valence-corrected chi connectivity index (χ4v) is 0.950. The number of rotatable bonds is 2. The summed E-state index contributed by atoms with van der Waals surface area (Å²) in [6.45, 7) is -3.51. The average Bonchev–Trinajstić information content (AvgIpc) is 2.15. The molecule has 3 heteroatoms. The van der Waals surface area contributed by atoms with E-state index in [-0.39, 0.29) is 11.0 Å². The van der Waals surface area contributed by atoms with Crippen molar-refractivity contribution in [3.8, 4) is 0 Å². The van der Waals surface area contributed by atoms with Gasteiger partial charge in [-0.15, -0.1) is 0 Å². The van der Waals surface area contributed by atoms with E-state index in [1.165, 1.54) is 24.3 Å². The van der Waals surface area contributed by atoms with Gasteiger partial charge >= 0.3 is 7.12 Å². The lowest BCUT2D eigenvalue weighted by Gasteiger charge is -2.06. The van der Waals surface area contributed by atoms with Crippen molar-refractivity contribution in [3.63, 3.8) is 0 Å². The summed E-state index contributed by atoms with van der Waals surface area (Å²) in [4.78, 5) is 0. The molecule has 12 heavy (non-hydrogen) atoms. The van der Waals surface area contributed by atoms with Crippen LogP contribution in [0.3, 0.4) is 0 Å². The molecule has 0 atom stereocenters. The summed E-state index contributed by atoms with van der Waals surface area (Å²) in [5.74, 6) is 0. The molecule has 0 radical (unpaired) electrons. The minimum atomic E-state index is -2.65. The van der Waals surface area contributed by atoms with Gasteiger partial charge in [0.1, 0.15) is 0 Å². The molecule has 62 valence electrons. The van der Waals surface area contributed by atoms with Crippen LogP contribution in [0.5, 0.6) is 0 Å². The van der Waals surface area contributed by atoms with E-state index in [2.05, 4.69) is 0 Å². The minimum absolute atomic E-state index is 0.0116. The van der Waals surface area contributed by atoms with Gasteiger partial charge in [0.05, 0.1) is 2.74 Å². The molecule has 0 heterocycles. The SMILES string of the molecule is [2H]C([2H])=C(c1ccccc1B(O)O)C([2H])([2H])[2H]. The zero-order valence-corrected chi connectivity index (χ0v) is 6.28. The first-order valence-electron chi connectivity index (χ1n) is 5.88. The summed E-state index contributed by atoms with van der Waals surface area (Å²) in [5, 5.41) is 18.3. The molecular formula is C9H11BO2. The van der Waals surface area contributed by atoms with Gasteiger partial charge in [0.2, 0.25) is 0 Å². The summed E-state index contributed by atoms with van der Waals surface area (Å²) < 4.78 is 36.2. The molecule has 1 aromatic carbocycles. The summed E-state index contributed by atoms with van der Waals surface area (Å²) in [5.41, 5.74) is -0.542. The molecule has 2 N–H and O–H groups in total. The molecule has 0 saturated carbocycles. The molecule has 0 saturated heterocycles. The van der Waals surface area contributed by atoms with Gasteiger partial charge in [-0.05, 0) is 17.9 Å². The van der Waals surface area contributed by atoms with Gasteiger partial charge < -0.3 is 10.0 Å². The van der Waals surface area contributed by atoms with Gasteiger partial charge in [0.25, 0.3) is 0 Å². The third-order valence-corrected chi connectivity index (χ3v) is 1.51. The van der Waals surface area contributed by atoms with Crippen LogP contribution in [-0.2, 0) is 0 Å². The molecule has 2 nitrogen and oxygen atoms in total. The average molecular weight is 167 g/mol. The van der Waals surface area contributed by atoms with Crippen LogP contribution < -0.4 is 5.46 Å². The first kappa shape index (κ1) is 4.26. The van der Waals surface area contributed by atoms with Crippen molar-refractivity contribution >= 4 is 18.2 Å². The van der Waals surface area contributed by atoms with E-state index in [1.54, 1.807) is 0 Å². The topological polar surface area (TPSA) is 40.5 Å². The second kappa shape index (κ2) is 3.56. The largest absolute Gasteiger partial charge is 0.489 e. The van der Waals surface area contributed by atoms with Crippen LogP contribution in [0.4, 0.5) is 0 Å². The molecule has 1 aromatic rings. The van der Waals surface area contributed by atoms with E-state index in [4.69, 9.17) is 16.9 Å². The molecule has 0 aliphatic rings. The highest BCUT2D eigenvalue weighted by Crippen LogP contribution is 2.07. The molecule has 0 fully saturated rings. The highest BCUT2D eigenvalue weighted by molar-refractivity contribution is 6.59. The minimum Gasteiger partial charge on any atom is -0.423 e. The maximum Gasteiger partial charge on any atom is 0.489 e. The summed E-state index contributed by atoms with van der Waals surface area (Å²) in [7, 11) is -1.84. The van der Waals surface area contributed by atoms with E-state index in [0.717, 1.165) is 0 Å².